The second-order valence-corrected chi connectivity index (χ2v) is 12.3. The van der Waals surface area contributed by atoms with Gasteiger partial charge in [0.1, 0.15) is 18.2 Å². The highest BCUT2D eigenvalue weighted by Crippen LogP contribution is 2.36. The Labute approximate surface area is 224 Å². The summed E-state index contributed by atoms with van der Waals surface area (Å²) in [5, 5.41) is 0.994. The van der Waals surface area contributed by atoms with E-state index in [2.05, 4.69) is 24.9 Å². The van der Waals surface area contributed by atoms with E-state index in [0.29, 0.717) is 6.42 Å². The van der Waals surface area contributed by atoms with Gasteiger partial charge in [0.05, 0.1) is 33.2 Å². The normalized spacial score (nSPS) is 29.9. The average molecular weight is 528 g/mol. The number of ether oxygens (including phenoxy) is 2. The molecule has 2 heterocycles. The quantitative estimate of drug-likeness (QED) is 0.248. The predicted octanol–water partition coefficient (Wildman–Crippen LogP) is 6.80. The van der Waals surface area contributed by atoms with Crippen molar-refractivity contribution in [3.05, 3.63) is 40.4 Å². The first-order valence-corrected chi connectivity index (χ1v) is 14.0. The summed E-state index contributed by atoms with van der Waals surface area (Å²) in [7, 11) is 1.51. The third-order valence-electron chi connectivity index (χ3n) is 7.96. The SMILES string of the molecule is COC1CC(=O)O[C@H](c2ccc3sc(C)nc3c2)C/C=C(/C)CCCC(C)C(C=O)C(C)C(=O)C1(C)C. The van der Waals surface area contributed by atoms with Gasteiger partial charge in [0, 0.05) is 25.4 Å². The van der Waals surface area contributed by atoms with Gasteiger partial charge in [-0.25, -0.2) is 4.98 Å². The third-order valence-corrected chi connectivity index (χ3v) is 8.91. The molecule has 0 amide bonds. The summed E-state index contributed by atoms with van der Waals surface area (Å²) in [6.45, 7) is 11.5. The number of hydrogen-bond donors (Lipinski definition) is 0. The molecule has 1 aliphatic rings. The number of nitrogens with zero attached hydrogens (tertiary/aromatic N) is 1. The summed E-state index contributed by atoms with van der Waals surface area (Å²) in [5.41, 5.74) is 2.05. The van der Waals surface area contributed by atoms with E-state index >= 15 is 0 Å². The molecule has 1 aliphatic heterocycles. The van der Waals surface area contributed by atoms with Crippen molar-refractivity contribution in [3.63, 3.8) is 0 Å². The van der Waals surface area contributed by atoms with Crippen molar-refractivity contribution in [2.75, 3.05) is 7.11 Å². The first-order chi connectivity index (χ1) is 17.5. The molecule has 4 unspecified atom stereocenters. The van der Waals surface area contributed by atoms with Crippen molar-refractivity contribution in [1.82, 2.24) is 4.98 Å². The fraction of sp³-hybridized carbons (Fsp3) is 0.600. The zero-order chi connectivity index (χ0) is 27.3. The molecule has 0 saturated heterocycles. The molecule has 37 heavy (non-hydrogen) atoms. The van der Waals surface area contributed by atoms with Gasteiger partial charge in [-0.3, -0.25) is 9.59 Å². The molecule has 1 aromatic carbocycles. The Morgan fingerprint density at radius 1 is 1.19 bits per heavy atom. The maximum absolute atomic E-state index is 13.6. The van der Waals surface area contributed by atoms with Crippen LogP contribution in [0.3, 0.4) is 0 Å². The maximum atomic E-state index is 13.6. The molecule has 0 fully saturated rings. The van der Waals surface area contributed by atoms with E-state index in [1.54, 1.807) is 25.2 Å². The molecule has 0 bridgehead atoms. The van der Waals surface area contributed by atoms with Crippen LogP contribution in [-0.2, 0) is 23.9 Å². The Bertz CT molecular complexity index is 1150. The van der Waals surface area contributed by atoms with Gasteiger partial charge in [-0.1, -0.05) is 45.4 Å². The van der Waals surface area contributed by atoms with Crippen molar-refractivity contribution in [2.45, 2.75) is 85.9 Å². The summed E-state index contributed by atoms with van der Waals surface area (Å²) in [4.78, 5) is 43.5. The fourth-order valence-corrected chi connectivity index (χ4v) is 6.28. The first-order valence-electron chi connectivity index (χ1n) is 13.2. The molecule has 6 nitrogen and oxygen atoms in total. The lowest BCUT2D eigenvalue weighted by Crippen LogP contribution is -2.45. The number of Topliss-reactive ketones (excluding diaryl/α,β-unsaturated/α-hetero) is 1. The van der Waals surface area contributed by atoms with Crippen LogP contribution in [-0.4, -0.2) is 36.2 Å². The van der Waals surface area contributed by atoms with E-state index in [4.69, 9.17) is 9.47 Å². The molecule has 2 aromatic rings. The van der Waals surface area contributed by atoms with Crippen molar-refractivity contribution < 1.29 is 23.9 Å². The molecular weight excluding hydrogens is 486 g/mol. The van der Waals surface area contributed by atoms with E-state index in [1.807, 2.05) is 32.0 Å². The van der Waals surface area contributed by atoms with Crippen LogP contribution in [0.1, 0.15) is 83.4 Å². The highest BCUT2D eigenvalue weighted by atomic mass is 32.1. The van der Waals surface area contributed by atoms with Gasteiger partial charge >= 0.3 is 5.97 Å². The van der Waals surface area contributed by atoms with Crippen molar-refractivity contribution in [2.24, 2.45) is 23.2 Å². The third kappa shape index (κ3) is 6.94. The number of thiazole rings is 1. The maximum Gasteiger partial charge on any atom is 0.309 e. The second kappa shape index (κ2) is 12.4. The standard InChI is InChI=1S/C30H41NO5S/c1-18-9-8-10-19(2)23(17-32)20(3)29(34)30(5,6)27(35-7)16-28(33)36-25(13-11-18)22-12-14-26-24(15-22)31-21(4)37-26/h11-12,14-15,17,19-20,23,25,27H,8-10,13,16H2,1-7H3/b18-11-/t19?,20?,23?,25-,27?/m0/s1. The van der Waals surface area contributed by atoms with E-state index < -0.39 is 29.5 Å². The number of esters is 1. The topological polar surface area (TPSA) is 82.6 Å². The summed E-state index contributed by atoms with van der Waals surface area (Å²) in [6.07, 6.45) is 5.10. The molecular formula is C30H41NO5S. The molecule has 1 aromatic heterocycles. The van der Waals surface area contributed by atoms with E-state index in [0.717, 1.165) is 46.3 Å². The van der Waals surface area contributed by atoms with Crippen LogP contribution >= 0.6 is 11.3 Å². The zero-order valence-electron chi connectivity index (χ0n) is 23.2. The fourth-order valence-electron chi connectivity index (χ4n) is 5.47. The molecule has 5 atom stereocenters. The van der Waals surface area contributed by atoms with E-state index in [1.165, 1.54) is 12.7 Å². The number of carbonyl (C=O) groups is 3. The average Bonchev–Trinajstić information content (AvgIpc) is 3.23. The van der Waals surface area contributed by atoms with Gasteiger partial charge in [0.2, 0.25) is 0 Å². The Morgan fingerprint density at radius 2 is 1.92 bits per heavy atom. The summed E-state index contributed by atoms with van der Waals surface area (Å²) < 4.78 is 12.8. The van der Waals surface area contributed by atoms with Crippen LogP contribution in [0.2, 0.25) is 0 Å². The van der Waals surface area contributed by atoms with Crippen LogP contribution in [0, 0.1) is 30.1 Å². The molecule has 202 valence electrons. The number of methoxy groups -OCH3 is 1. The summed E-state index contributed by atoms with van der Waals surface area (Å²) >= 11 is 1.64. The highest BCUT2D eigenvalue weighted by molar-refractivity contribution is 7.18. The number of aryl methyl sites for hydroxylation is 1. The van der Waals surface area contributed by atoms with Gasteiger partial charge in [0.15, 0.2) is 0 Å². The number of rotatable bonds is 3. The molecule has 7 heteroatoms. The summed E-state index contributed by atoms with van der Waals surface area (Å²) in [6, 6.07) is 6.04. The van der Waals surface area contributed by atoms with Crippen LogP contribution in [0.15, 0.2) is 29.8 Å². The van der Waals surface area contributed by atoms with Gasteiger partial charge in [-0.2, -0.15) is 0 Å². The minimum absolute atomic E-state index is 0.0550. The number of aldehydes is 1. The van der Waals surface area contributed by atoms with E-state index in [-0.39, 0.29) is 24.0 Å². The molecule has 0 aliphatic carbocycles. The number of carbonyl (C=O) groups excluding carboxylic acids is 3. The van der Waals surface area contributed by atoms with Crippen LogP contribution < -0.4 is 0 Å². The molecule has 0 spiro atoms. The van der Waals surface area contributed by atoms with Crippen molar-refractivity contribution in [3.8, 4) is 0 Å². The first kappa shape index (κ1) is 29.2. The Morgan fingerprint density at radius 3 is 2.59 bits per heavy atom. The highest BCUT2D eigenvalue weighted by Gasteiger charge is 2.43. The van der Waals surface area contributed by atoms with Crippen LogP contribution in [0.25, 0.3) is 10.2 Å². The van der Waals surface area contributed by atoms with Crippen LogP contribution in [0.5, 0.6) is 0 Å². The lowest BCUT2D eigenvalue weighted by atomic mass is 9.70. The Balaban J connectivity index is 1.96. The smallest absolute Gasteiger partial charge is 0.309 e. The van der Waals surface area contributed by atoms with E-state index in [9.17, 15) is 14.4 Å². The molecule has 3 rings (SSSR count). The number of fused-ring (bicyclic) bond motifs is 1. The second-order valence-electron chi connectivity index (χ2n) is 11.1. The largest absolute Gasteiger partial charge is 0.457 e. The summed E-state index contributed by atoms with van der Waals surface area (Å²) in [5.74, 6) is -1.25. The number of hydrogen-bond acceptors (Lipinski definition) is 7. The van der Waals surface area contributed by atoms with Crippen LogP contribution in [0.4, 0.5) is 0 Å². The lowest BCUT2D eigenvalue weighted by Gasteiger charge is -2.36. The van der Waals surface area contributed by atoms with Gasteiger partial charge < -0.3 is 14.3 Å². The lowest BCUT2D eigenvalue weighted by molar-refractivity contribution is -0.157. The molecule has 0 radical (unpaired) electrons. The Kier molecular flexibility index (Phi) is 9.81. The Hall–Kier alpha value is -2.38. The number of aromatic nitrogens is 1. The van der Waals surface area contributed by atoms with Gasteiger partial charge in [-0.15, -0.1) is 11.3 Å². The number of benzene rings is 1. The van der Waals surface area contributed by atoms with Crippen molar-refractivity contribution >= 4 is 39.6 Å². The zero-order valence-corrected chi connectivity index (χ0v) is 24.0. The predicted molar refractivity (Wildman–Crippen MR) is 147 cm³/mol. The number of cyclic esters (lactones) is 1. The van der Waals surface area contributed by atoms with Crippen molar-refractivity contribution in [1.29, 1.82) is 0 Å². The number of allylic oxidation sites excluding steroid dienone is 1. The monoisotopic (exact) mass is 527 g/mol. The molecule has 0 saturated carbocycles. The van der Waals surface area contributed by atoms with Gasteiger partial charge in [0.25, 0.3) is 0 Å². The van der Waals surface area contributed by atoms with Gasteiger partial charge in [-0.05, 0) is 56.7 Å². The minimum atomic E-state index is -0.964. The molecule has 0 N–H and O–H groups in total. The minimum Gasteiger partial charge on any atom is -0.457 e. The number of ketones is 1.